The average Bonchev–Trinajstić information content (AvgIpc) is 2.67. The zero-order valence-electron chi connectivity index (χ0n) is 12.6. The van der Waals surface area contributed by atoms with Crippen LogP contribution in [0.5, 0.6) is 0 Å². The van der Waals surface area contributed by atoms with Crippen molar-refractivity contribution in [2.45, 2.75) is 38.5 Å². The normalized spacial score (nSPS) is 23.8. The molecular weight excluding hydrogens is 276 g/mol. The molecule has 6 heteroatoms. The van der Waals surface area contributed by atoms with Crippen LogP contribution in [-0.2, 0) is 6.54 Å². The zero-order chi connectivity index (χ0) is 14.7. The molecule has 0 aliphatic carbocycles. The first-order chi connectivity index (χ1) is 9.54. The second kappa shape index (κ2) is 6.89. The fraction of sp³-hybridized carbons (Fsp3) is 0.786. The number of likely N-dealkylation sites (N-methyl/N-ethyl adjacent to an activating group) is 2. The van der Waals surface area contributed by atoms with Crippen LogP contribution >= 0.6 is 11.6 Å². The molecule has 1 saturated heterocycles. The Bertz CT molecular complexity index is 437. The van der Waals surface area contributed by atoms with Gasteiger partial charge >= 0.3 is 0 Å². The second-order valence-electron chi connectivity index (χ2n) is 5.71. The van der Waals surface area contributed by atoms with Crippen LogP contribution in [0.1, 0.15) is 31.6 Å². The summed E-state index contributed by atoms with van der Waals surface area (Å²) in [5, 5.41) is 15.7. The van der Waals surface area contributed by atoms with Crippen molar-refractivity contribution in [1.82, 2.24) is 19.6 Å². The highest BCUT2D eigenvalue weighted by Gasteiger charge is 2.31. The van der Waals surface area contributed by atoms with E-state index in [9.17, 15) is 5.11 Å². The van der Waals surface area contributed by atoms with Crippen molar-refractivity contribution in [3.05, 3.63) is 16.9 Å². The molecule has 114 valence electrons. The molecule has 0 saturated carbocycles. The van der Waals surface area contributed by atoms with Crippen LogP contribution in [-0.4, -0.2) is 64.5 Å². The van der Waals surface area contributed by atoms with Gasteiger partial charge in [-0.15, -0.1) is 0 Å². The summed E-state index contributed by atoms with van der Waals surface area (Å²) in [5.74, 6) is 0. The predicted octanol–water partition coefficient (Wildman–Crippen LogP) is 1.62. The molecule has 1 fully saturated rings. The van der Waals surface area contributed by atoms with E-state index in [0.717, 1.165) is 44.7 Å². The Balaban J connectivity index is 2.24. The summed E-state index contributed by atoms with van der Waals surface area (Å²) in [6.45, 7) is 5.77. The first kappa shape index (κ1) is 15.8. The lowest BCUT2D eigenvalue weighted by molar-refractivity contribution is 0.0509. The van der Waals surface area contributed by atoms with E-state index in [4.69, 9.17) is 11.6 Å². The number of hydrogen-bond acceptors (Lipinski definition) is 4. The molecule has 2 atom stereocenters. The van der Waals surface area contributed by atoms with Gasteiger partial charge in [0.1, 0.15) is 6.10 Å². The van der Waals surface area contributed by atoms with E-state index in [2.05, 4.69) is 35.9 Å². The lowest BCUT2D eigenvalue weighted by atomic mass is 10.1. The van der Waals surface area contributed by atoms with Crippen LogP contribution in [0.25, 0.3) is 0 Å². The van der Waals surface area contributed by atoms with E-state index in [1.165, 1.54) is 0 Å². The molecule has 0 radical (unpaired) electrons. The quantitative estimate of drug-likeness (QED) is 0.918. The van der Waals surface area contributed by atoms with Gasteiger partial charge < -0.3 is 10.0 Å². The summed E-state index contributed by atoms with van der Waals surface area (Å²) in [7, 11) is 4.17. The van der Waals surface area contributed by atoms with Gasteiger partial charge in [0.25, 0.3) is 0 Å². The molecule has 1 aliphatic heterocycles. The average molecular weight is 301 g/mol. The lowest BCUT2D eigenvalue weighted by Gasteiger charge is -2.32. The summed E-state index contributed by atoms with van der Waals surface area (Å²) in [6.07, 6.45) is 3.12. The van der Waals surface area contributed by atoms with Crippen LogP contribution in [0, 0.1) is 0 Å². The summed E-state index contributed by atoms with van der Waals surface area (Å²) in [5.41, 5.74) is 0.751. The summed E-state index contributed by atoms with van der Waals surface area (Å²) < 4.78 is 1.84. The fourth-order valence-electron chi connectivity index (χ4n) is 2.88. The third-order valence-electron chi connectivity index (χ3n) is 4.03. The highest BCUT2D eigenvalue weighted by molar-refractivity contribution is 6.31. The third kappa shape index (κ3) is 3.34. The first-order valence-corrected chi connectivity index (χ1v) is 7.70. The van der Waals surface area contributed by atoms with Gasteiger partial charge in [-0.25, -0.2) is 0 Å². The number of aryl methyl sites for hydroxylation is 1. The molecule has 0 amide bonds. The summed E-state index contributed by atoms with van der Waals surface area (Å²) in [6, 6.07) is 0.0484. The van der Waals surface area contributed by atoms with Crippen molar-refractivity contribution in [1.29, 1.82) is 0 Å². The minimum Gasteiger partial charge on any atom is -0.385 e. The Hall–Kier alpha value is -0.620. The van der Waals surface area contributed by atoms with Crippen molar-refractivity contribution in [3.8, 4) is 0 Å². The fourth-order valence-corrected chi connectivity index (χ4v) is 3.14. The van der Waals surface area contributed by atoms with Crippen molar-refractivity contribution >= 4 is 11.6 Å². The molecule has 2 heterocycles. The molecule has 20 heavy (non-hydrogen) atoms. The van der Waals surface area contributed by atoms with Crippen molar-refractivity contribution in [2.75, 3.05) is 33.7 Å². The van der Waals surface area contributed by atoms with Crippen LogP contribution in [0.2, 0.25) is 5.02 Å². The number of aliphatic hydroxyl groups is 1. The number of rotatable bonds is 4. The van der Waals surface area contributed by atoms with Gasteiger partial charge in [-0.2, -0.15) is 5.10 Å². The highest BCUT2D eigenvalue weighted by Crippen LogP contribution is 2.28. The van der Waals surface area contributed by atoms with E-state index < -0.39 is 6.10 Å². The number of aromatic nitrogens is 2. The Morgan fingerprint density at radius 2 is 2.20 bits per heavy atom. The molecule has 0 bridgehead atoms. The molecule has 1 aromatic heterocycles. The van der Waals surface area contributed by atoms with Crippen molar-refractivity contribution in [2.24, 2.45) is 0 Å². The van der Waals surface area contributed by atoms with E-state index in [-0.39, 0.29) is 6.04 Å². The minimum atomic E-state index is -0.609. The Kier molecular flexibility index (Phi) is 5.43. The number of nitrogens with zero attached hydrogens (tertiary/aromatic N) is 4. The number of halogens is 1. The standard InChI is InChI=1S/C14H25ClN4O/c1-4-6-19-13(11(15)9-16-19)14(20)12-10-17(2)7-5-8-18(12)3/h9,12,14,20H,4-8,10H2,1-3H3. The molecule has 0 aromatic carbocycles. The number of aliphatic hydroxyl groups excluding tert-OH is 1. The summed E-state index contributed by atoms with van der Waals surface area (Å²) >= 11 is 6.24. The van der Waals surface area contributed by atoms with Crippen LogP contribution in [0.4, 0.5) is 0 Å². The maximum absolute atomic E-state index is 10.8. The van der Waals surface area contributed by atoms with Gasteiger partial charge in [0.05, 0.1) is 23.0 Å². The van der Waals surface area contributed by atoms with Crippen LogP contribution in [0.3, 0.4) is 0 Å². The Morgan fingerprint density at radius 3 is 2.90 bits per heavy atom. The van der Waals surface area contributed by atoms with Crippen LogP contribution in [0.15, 0.2) is 6.20 Å². The molecule has 1 aliphatic rings. The first-order valence-electron chi connectivity index (χ1n) is 7.32. The molecular formula is C14H25ClN4O. The Morgan fingerprint density at radius 1 is 1.45 bits per heavy atom. The van der Waals surface area contributed by atoms with Crippen LogP contribution < -0.4 is 0 Å². The predicted molar refractivity (Wildman–Crippen MR) is 81.0 cm³/mol. The van der Waals surface area contributed by atoms with Gasteiger partial charge in [-0.3, -0.25) is 9.58 Å². The largest absolute Gasteiger partial charge is 0.385 e. The van der Waals surface area contributed by atoms with Gasteiger partial charge in [0.15, 0.2) is 0 Å². The molecule has 2 rings (SSSR count). The molecule has 2 unspecified atom stereocenters. The molecule has 5 nitrogen and oxygen atoms in total. The zero-order valence-corrected chi connectivity index (χ0v) is 13.3. The maximum Gasteiger partial charge on any atom is 0.114 e. The minimum absolute atomic E-state index is 0.0484. The van der Waals surface area contributed by atoms with Gasteiger partial charge in [-0.1, -0.05) is 18.5 Å². The molecule has 1 N–H and O–H groups in total. The van der Waals surface area contributed by atoms with Crippen molar-refractivity contribution < 1.29 is 5.11 Å². The number of hydrogen-bond donors (Lipinski definition) is 1. The Labute approximate surface area is 126 Å². The monoisotopic (exact) mass is 300 g/mol. The molecule has 1 aromatic rings. The maximum atomic E-state index is 10.8. The van der Waals surface area contributed by atoms with Gasteiger partial charge in [0, 0.05) is 13.1 Å². The van der Waals surface area contributed by atoms with E-state index >= 15 is 0 Å². The van der Waals surface area contributed by atoms with Crippen molar-refractivity contribution in [3.63, 3.8) is 0 Å². The van der Waals surface area contributed by atoms with E-state index in [1.807, 2.05) is 4.68 Å². The highest BCUT2D eigenvalue weighted by atomic mass is 35.5. The van der Waals surface area contributed by atoms with E-state index in [0.29, 0.717) is 5.02 Å². The molecule has 0 spiro atoms. The lowest BCUT2D eigenvalue weighted by Crippen LogP contribution is -2.42. The second-order valence-corrected chi connectivity index (χ2v) is 6.12. The topological polar surface area (TPSA) is 44.5 Å². The third-order valence-corrected chi connectivity index (χ3v) is 4.32. The smallest absolute Gasteiger partial charge is 0.114 e. The SMILES string of the molecule is CCCn1ncc(Cl)c1C(O)C1CN(C)CCCN1C. The van der Waals surface area contributed by atoms with Gasteiger partial charge in [-0.05, 0) is 40.0 Å². The van der Waals surface area contributed by atoms with E-state index in [1.54, 1.807) is 6.20 Å². The summed E-state index contributed by atoms with van der Waals surface area (Å²) in [4.78, 5) is 4.50. The van der Waals surface area contributed by atoms with Gasteiger partial charge in [0.2, 0.25) is 0 Å².